The van der Waals surface area contributed by atoms with E-state index in [1.165, 1.54) is 19.2 Å². The van der Waals surface area contributed by atoms with Crippen molar-refractivity contribution in [2.45, 2.75) is 31.1 Å². The summed E-state index contributed by atoms with van der Waals surface area (Å²) in [6.45, 7) is 7.49. The Kier molecular flexibility index (Phi) is 7.09. The summed E-state index contributed by atoms with van der Waals surface area (Å²) in [4.78, 5) is 14.3. The van der Waals surface area contributed by atoms with Gasteiger partial charge < -0.3 is 9.47 Å². The first-order valence-corrected chi connectivity index (χ1v) is 11.3. The van der Waals surface area contributed by atoms with Gasteiger partial charge in [-0.05, 0) is 62.4 Å². The van der Waals surface area contributed by atoms with Crippen molar-refractivity contribution >= 4 is 16.0 Å². The molecule has 0 radical (unpaired) electrons. The van der Waals surface area contributed by atoms with E-state index in [-0.39, 0.29) is 4.90 Å². The molecule has 0 spiro atoms. The SMILES string of the molecule is COC(=O)c1ccc(S(=O)(=O)N2CCC(CCN3CCOCC3)CC2)c(C)c1. The van der Waals surface area contributed by atoms with E-state index in [4.69, 9.17) is 9.47 Å². The molecule has 0 saturated carbocycles. The highest BCUT2D eigenvalue weighted by atomic mass is 32.2. The lowest BCUT2D eigenvalue weighted by molar-refractivity contribution is 0.0343. The minimum Gasteiger partial charge on any atom is -0.465 e. The Labute approximate surface area is 167 Å². The van der Waals surface area contributed by atoms with Crippen molar-refractivity contribution < 1.29 is 22.7 Å². The van der Waals surface area contributed by atoms with E-state index in [0.717, 1.165) is 52.1 Å². The highest BCUT2D eigenvalue weighted by molar-refractivity contribution is 7.89. The molecule has 0 unspecified atom stereocenters. The molecule has 1 aromatic carbocycles. The Bertz CT molecular complexity index is 782. The number of morpholine rings is 1. The van der Waals surface area contributed by atoms with Crippen LogP contribution < -0.4 is 0 Å². The molecule has 2 heterocycles. The average Bonchev–Trinajstić information content (AvgIpc) is 2.72. The van der Waals surface area contributed by atoms with Crippen LogP contribution in [0.25, 0.3) is 0 Å². The Morgan fingerprint density at radius 1 is 1.18 bits per heavy atom. The van der Waals surface area contributed by atoms with E-state index in [0.29, 0.717) is 30.1 Å². The fraction of sp³-hybridized carbons (Fsp3) is 0.650. The van der Waals surface area contributed by atoms with Crippen LogP contribution in [0, 0.1) is 12.8 Å². The first-order valence-electron chi connectivity index (χ1n) is 9.91. The van der Waals surface area contributed by atoms with Crippen LogP contribution in [0.3, 0.4) is 0 Å². The fourth-order valence-electron chi connectivity index (χ4n) is 3.95. The van der Waals surface area contributed by atoms with Gasteiger partial charge in [0, 0.05) is 26.2 Å². The molecule has 1 aromatic rings. The third-order valence-electron chi connectivity index (χ3n) is 5.74. The van der Waals surface area contributed by atoms with E-state index in [1.807, 2.05) is 0 Å². The molecular weight excluding hydrogens is 380 g/mol. The molecule has 0 aromatic heterocycles. The second-order valence-corrected chi connectivity index (χ2v) is 9.47. The van der Waals surface area contributed by atoms with Gasteiger partial charge in [0.05, 0.1) is 30.8 Å². The molecule has 0 amide bonds. The molecule has 8 heteroatoms. The summed E-state index contributed by atoms with van der Waals surface area (Å²) in [5.74, 6) is 0.102. The highest BCUT2D eigenvalue weighted by Crippen LogP contribution is 2.28. The fourth-order valence-corrected chi connectivity index (χ4v) is 5.63. The maximum absolute atomic E-state index is 13.1. The molecule has 2 saturated heterocycles. The zero-order valence-corrected chi connectivity index (χ0v) is 17.5. The average molecular weight is 411 g/mol. The van der Waals surface area contributed by atoms with Crippen molar-refractivity contribution in [3.05, 3.63) is 29.3 Å². The summed E-state index contributed by atoms with van der Waals surface area (Å²) in [5.41, 5.74) is 0.929. The predicted molar refractivity (Wildman–Crippen MR) is 106 cm³/mol. The molecule has 3 rings (SSSR count). The van der Waals surface area contributed by atoms with Gasteiger partial charge >= 0.3 is 5.97 Å². The van der Waals surface area contributed by atoms with Crippen LogP contribution in [0.15, 0.2) is 23.1 Å². The first-order chi connectivity index (χ1) is 13.4. The van der Waals surface area contributed by atoms with Crippen molar-refractivity contribution in [1.82, 2.24) is 9.21 Å². The van der Waals surface area contributed by atoms with Crippen molar-refractivity contribution in [3.63, 3.8) is 0 Å². The van der Waals surface area contributed by atoms with Crippen LogP contribution in [0.4, 0.5) is 0 Å². The summed E-state index contributed by atoms with van der Waals surface area (Å²) in [7, 11) is -2.24. The number of rotatable bonds is 6. The maximum Gasteiger partial charge on any atom is 0.337 e. The number of hydrogen-bond donors (Lipinski definition) is 0. The van der Waals surface area contributed by atoms with Crippen LogP contribution in [-0.4, -0.2) is 76.6 Å². The Hall–Kier alpha value is -1.48. The lowest BCUT2D eigenvalue weighted by Crippen LogP contribution is -2.41. The number of benzene rings is 1. The Morgan fingerprint density at radius 3 is 2.46 bits per heavy atom. The van der Waals surface area contributed by atoms with Crippen LogP contribution >= 0.6 is 0 Å². The standard InChI is InChI=1S/C20H30N2O5S/c1-16-15-18(20(23)26-2)3-4-19(16)28(24,25)22-9-6-17(7-10-22)5-8-21-11-13-27-14-12-21/h3-4,15,17H,5-14H2,1-2H3. The number of esters is 1. The molecule has 156 valence electrons. The third-order valence-corrected chi connectivity index (χ3v) is 7.80. The molecule has 2 aliphatic rings. The van der Waals surface area contributed by atoms with Gasteiger partial charge in [-0.25, -0.2) is 13.2 Å². The Morgan fingerprint density at radius 2 is 1.86 bits per heavy atom. The number of aryl methyl sites for hydroxylation is 1. The molecular formula is C20H30N2O5S. The summed E-state index contributed by atoms with van der Waals surface area (Å²) < 4.78 is 37.8. The zero-order chi connectivity index (χ0) is 20.1. The van der Waals surface area contributed by atoms with Gasteiger partial charge in [0.2, 0.25) is 10.0 Å². The first kappa shape index (κ1) is 21.2. The van der Waals surface area contributed by atoms with E-state index in [1.54, 1.807) is 17.3 Å². The van der Waals surface area contributed by atoms with E-state index in [9.17, 15) is 13.2 Å². The number of carbonyl (C=O) groups is 1. The molecule has 7 nitrogen and oxygen atoms in total. The minimum atomic E-state index is -3.55. The topological polar surface area (TPSA) is 76.2 Å². The molecule has 2 fully saturated rings. The summed E-state index contributed by atoms with van der Waals surface area (Å²) in [5, 5.41) is 0. The predicted octanol–water partition coefficient (Wildman–Crippen LogP) is 1.90. The summed E-state index contributed by atoms with van der Waals surface area (Å²) >= 11 is 0. The van der Waals surface area contributed by atoms with Gasteiger partial charge in [0.15, 0.2) is 0 Å². The highest BCUT2D eigenvalue weighted by Gasteiger charge is 2.30. The van der Waals surface area contributed by atoms with Crippen molar-refractivity contribution in [2.75, 3.05) is 53.0 Å². The number of hydrogen-bond acceptors (Lipinski definition) is 6. The van der Waals surface area contributed by atoms with Crippen LogP contribution in [0.1, 0.15) is 35.2 Å². The molecule has 2 aliphatic heterocycles. The number of sulfonamides is 1. The van der Waals surface area contributed by atoms with Crippen LogP contribution in [-0.2, 0) is 19.5 Å². The van der Waals surface area contributed by atoms with Gasteiger partial charge in [-0.3, -0.25) is 4.90 Å². The maximum atomic E-state index is 13.1. The second-order valence-electron chi connectivity index (χ2n) is 7.56. The van der Waals surface area contributed by atoms with Crippen molar-refractivity contribution in [2.24, 2.45) is 5.92 Å². The Balaban J connectivity index is 1.57. The van der Waals surface area contributed by atoms with Gasteiger partial charge in [-0.15, -0.1) is 0 Å². The van der Waals surface area contributed by atoms with Gasteiger partial charge in [-0.1, -0.05) is 0 Å². The molecule has 0 bridgehead atoms. The second kappa shape index (κ2) is 9.35. The van der Waals surface area contributed by atoms with E-state index in [2.05, 4.69) is 4.90 Å². The summed E-state index contributed by atoms with van der Waals surface area (Å²) in [6, 6.07) is 4.61. The molecule has 28 heavy (non-hydrogen) atoms. The van der Waals surface area contributed by atoms with Crippen molar-refractivity contribution in [1.29, 1.82) is 0 Å². The third kappa shape index (κ3) is 4.92. The monoisotopic (exact) mass is 410 g/mol. The summed E-state index contributed by atoms with van der Waals surface area (Å²) in [6.07, 6.45) is 2.90. The van der Waals surface area contributed by atoms with Gasteiger partial charge in [0.1, 0.15) is 0 Å². The number of ether oxygens (including phenoxy) is 2. The van der Waals surface area contributed by atoms with E-state index < -0.39 is 16.0 Å². The van der Waals surface area contributed by atoms with E-state index >= 15 is 0 Å². The zero-order valence-electron chi connectivity index (χ0n) is 16.7. The lowest BCUT2D eigenvalue weighted by atomic mass is 9.94. The quantitative estimate of drug-likeness (QED) is 0.667. The number of methoxy groups -OCH3 is 1. The normalized spacial score (nSPS) is 20.2. The van der Waals surface area contributed by atoms with Crippen molar-refractivity contribution in [3.8, 4) is 0 Å². The number of carbonyl (C=O) groups excluding carboxylic acids is 1. The van der Waals surface area contributed by atoms with Crippen LogP contribution in [0.2, 0.25) is 0 Å². The van der Waals surface area contributed by atoms with Gasteiger partial charge in [0.25, 0.3) is 0 Å². The molecule has 0 N–H and O–H groups in total. The smallest absolute Gasteiger partial charge is 0.337 e. The van der Waals surface area contributed by atoms with Gasteiger partial charge in [-0.2, -0.15) is 4.31 Å². The minimum absolute atomic E-state index is 0.270. The lowest BCUT2D eigenvalue weighted by Gasteiger charge is -2.33. The molecule has 0 atom stereocenters. The number of nitrogens with zero attached hydrogens (tertiary/aromatic N) is 2. The number of piperidine rings is 1. The van der Waals surface area contributed by atoms with Crippen LogP contribution in [0.5, 0.6) is 0 Å². The largest absolute Gasteiger partial charge is 0.465 e. The molecule has 0 aliphatic carbocycles.